The molecule has 2 nitrogen and oxygen atoms in total. The fraction of sp³-hybridized carbons (Fsp3) is 0.625. The number of likely N-dealkylation sites (tertiary alicyclic amines) is 1. The Morgan fingerprint density at radius 1 is 1.32 bits per heavy atom. The second kappa shape index (κ2) is 6.25. The van der Waals surface area contributed by atoms with E-state index in [1.807, 2.05) is 19.2 Å². The highest BCUT2D eigenvalue weighted by Crippen LogP contribution is 2.29. The first-order chi connectivity index (χ1) is 9.00. The van der Waals surface area contributed by atoms with Crippen molar-refractivity contribution in [2.75, 3.05) is 26.7 Å². The minimum Gasteiger partial charge on any atom is -0.313 e. The van der Waals surface area contributed by atoms with Gasteiger partial charge in [0, 0.05) is 17.6 Å². The lowest BCUT2D eigenvalue weighted by Crippen LogP contribution is -2.28. The molecule has 1 aromatic rings. The first kappa shape index (κ1) is 14.8. The van der Waals surface area contributed by atoms with E-state index in [1.165, 1.54) is 25.1 Å². The van der Waals surface area contributed by atoms with Crippen LogP contribution in [0.1, 0.15) is 38.3 Å². The summed E-state index contributed by atoms with van der Waals surface area (Å²) in [6.45, 7) is 8.36. The maximum Gasteiger partial charge on any atom is 0.0406 e. The van der Waals surface area contributed by atoms with Gasteiger partial charge in [0.05, 0.1) is 0 Å². The molecule has 1 fully saturated rings. The summed E-state index contributed by atoms with van der Waals surface area (Å²) in [4.78, 5) is 2.58. The molecule has 0 amide bonds. The number of nitrogens with one attached hydrogen (secondary N) is 1. The fourth-order valence-corrected chi connectivity index (χ4v) is 3.03. The first-order valence-corrected chi connectivity index (χ1v) is 7.53. The Balaban J connectivity index is 1.88. The van der Waals surface area contributed by atoms with Crippen LogP contribution in [0.15, 0.2) is 24.3 Å². The summed E-state index contributed by atoms with van der Waals surface area (Å²) in [7, 11) is 2.03. The summed E-state index contributed by atoms with van der Waals surface area (Å²) in [6, 6.07) is 8.61. The number of halogens is 1. The second-order valence-electron chi connectivity index (χ2n) is 6.37. The van der Waals surface area contributed by atoms with Crippen LogP contribution in [0.5, 0.6) is 0 Å². The zero-order valence-corrected chi connectivity index (χ0v) is 13.0. The molecule has 2 rings (SSSR count). The van der Waals surface area contributed by atoms with Gasteiger partial charge in [0.15, 0.2) is 0 Å². The number of hydrogen-bond acceptors (Lipinski definition) is 2. The molecule has 1 saturated heterocycles. The van der Waals surface area contributed by atoms with Gasteiger partial charge < -0.3 is 10.2 Å². The van der Waals surface area contributed by atoms with Crippen molar-refractivity contribution in [3.05, 3.63) is 34.9 Å². The maximum atomic E-state index is 5.94. The third kappa shape index (κ3) is 4.20. The highest BCUT2D eigenvalue weighted by Gasteiger charge is 2.29. The van der Waals surface area contributed by atoms with Crippen molar-refractivity contribution in [1.29, 1.82) is 0 Å². The fourth-order valence-electron chi connectivity index (χ4n) is 2.90. The van der Waals surface area contributed by atoms with E-state index in [-0.39, 0.29) is 0 Å². The Morgan fingerprint density at radius 3 is 2.53 bits per heavy atom. The Morgan fingerprint density at radius 2 is 2.00 bits per heavy atom. The Bertz CT molecular complexity index is 400. The Hall–Kier alpha value is -0.570. The molecule has 3 heteroatoms. The van der Waals surface area contributed by atoms with Gasteiger partial charge in [0.2, 0.25) is 0 Å². The lowest BCUT2D eigenvalue weighted by atomic mass is 9.93. The third-order valence-corrected chi connectivity index (χ3v) is 4.36. The predicted molar refractivity (Wildman–Crippen MR) is 82.7 cm³/mol. The van der Waals surface area contributed by atoms with Crippen molar-refractivity contribution >= 4 is 11.6 Å². The van der Waals surface area contributed by atoms with E-state index in [1.54, 1.807) is 0 Å². The highest BCUT2D eigenvalue weighted by molar-refractivity contribution is 6.30. The minimum absolute atomic E-state index is 0.418. The lowest BCUT2D eigenvalue weighted by Gasteiger charge is -2.23. The van der Waals surface area contributed by atoms with Crippen LogP contribution >= 0.6 is 11.6 Å². The van der Waals surface area contributed by atoms with E-state index >= 15 is 0 Å². The van der Waals surface area contributed by atoms with Gasteiger partial charge in [-0.3, -0.25) is 0 Å². The molecule has 1 aliphatic heterocycles. The van der Waals surface area contributed by atoms with Gasteiger partial charge in [-0.05, 0) is 56.1 Å². The van der Waals surface area contributed by atoms with E-state index in [2.05, 4.69) is 36.2 Å². The molecule has 1 aliphatic rings. The van der Waals surface area contributed by atoms with E-state index in [0.717, 1.165) is 18.0 Å². The zero-order valence-electron chi connectivity index (χ0n) is 12.2. The van der Waals surface area contributed by atoms with Crippen molar-refractivity contribution in [1.82, 2.24) is 10.2 Å². The highest BCUT2D eigenvalue weighted by atomic mass is 35.5. The van der Waals surface area contributed by atoms with Crippen molar-refractivity contribution in [2.45, 2.75) is 32.7 Å². The van der Waals surface area contributed by atoms with Crippen LogP contribution in [0.3, 0.4) is 0 Å². The Kier molecular flexibility index (Phi) is 4.88. The smallest absolute Gasteiger partial charge is 0.0406 e. The maximum absolute atomic E-state index is 5.94. The van der Waals surface area contributed by atoms with Crippen molar-refractivity contribution < 1.29 is 0 Å². The molecular formula is C16H25ClN2. The average molecular weight is 281 g/mol. The molecule has 1 heterocycles. The molecule has 0 spiro atoms. The summed E-state index contributed by atoms with van der Waals surface area (Å²) >= 11 is 5.94. The minimum atomic E-state index is 0.418. The molecule has 1 atom stereocenters. The van der Waals surface area contributed by atoms with Crippen LogP contribution in [-0.2, 0) is 0 Å². The van der Waals surface area contributed by atoms with Crippen LogP contribution in [0.2, 0.25) is 5.02 Å². The SMILES string of the molecule is CNC(CCN1CCC(C)(C)C1)c1ccc(Cl)cc1. The molecule has 1 aromatic carbocycles. The molecule has 1 N–H and O–H groups in total. The van der Waals surface area contributed by atoms with Crippen LogP contribution in [0, 0.1) is 5.41 Å². The first-order valence-electron chi connectivity index (χ1n) is 7.15. The van der Waals surface area contributed by atoms with E-state index in [4.69, 9.17) is 11.6 Å². The monoisotopic (exact) mass is 280 g/mol. The van der Waals surface area contributed by atoms with E-state index in [0.29, 0.717) is 11.5 Å². The number of rotatable bonds is 5. The topological polar surface area (TPSA) is 15.3 Å². The molecule has 1 unspecified atom stereocenters. The van der Waals surface area contributed by atoms with Crippen LogP contribution in [0.25, 0.3) is 0 Å². The quantitative estimate of drug-likeness (QED) is 0.884. The zero-order chi connectivity index (χ0) is 13.9. The van der Waals surface area contributed by atoms with Crippen molar-refractivity contribution in [3.8, 4) is 0 Å². The van der Waals surface area contributed by atoms with Gasteiger partial charge >= 0.3 is 0 Å². The summed E-state index contributed by atoms with van der Waals surface area (Å²) in [5.41, 5.74) is 1.82. The number of hydrogen-bond donors (Lipinski definition) is 1. The van der Waals surface area contributed by atoms with Gasteiger partial charge in [-0.15, -0.1) is 0 Å². The third-order valence-electron chi connectivity index (χ3n) is 4.11. The van der Waals surface area contributed by atoms with Gasteiger partial charge in [-0.1, -0.05) is 37.6 Å². The van der Waals surface area contributed by atoms with Gasteiger partial charge in [-0.25, -0.2) is 0 Å². The summed E-state index contributed by atoms with van der Waals surface area (Å²) in [5.74, 6) is 0. The molecule has 0 aliphatic carbocycles. The predicted octanol–water partition coefficient (Wildman–Crippen LogP) is 3.72. The molecule has 0 radical (unpaired) electrons. The summed E-state index contributed by atoms with van der Waals surface area (Å²) in [6.07, 6.45) is 2.46. The van der Waals surface area contributed by atoms with Gasteiger partial charge in [0.25, 0.3) is 0 Å². The molecule has 0 bridgehead atoms. The van der Waals surface area contributed by atoms with Crippen LogP contribution < -0.4 is 5.32 Å². The second-order valence-corrected chi connectivity index (χ2v) is 6.81. The van der Waals surface area contributed by atoms with E-state index < -0.39 is 0 Å². The van der Waals surface area contributed by atoms with Gasteiger partial charge in [0.1, 0.15) is 0 Å². The van der Waals surface area contributed by atoms with Gasteiger partial charge in [-0.2, -0.15) is 0 Å². The molecular weight excluding hydrogens is 256 g/mol. The molecule has 106 valence electrons. The van der Waals surface area contributed by atoms with Crippen molar-refractivity contribution in [3.63, 3.8) is 0 Å². The standard InChI is InChI=1S/C16H25ClN2/c1-16(2)9-11-19(12-16)10-8-15(18-3)13-4-6-14(17)7-5-13/h4-7,15,18H,8-12H2,1-3H3. The summed E-state index contributed by atoms with van der Waals surface area (Å²) < 4.78 is 0. The molecule has 19 heavy (non-hydrogen) atoms. The number of nitrogens with zero attached hydrogens (tertiary/aromatic N) is 1. The van der Waals surface area contributed by atoms with Crippen LogP contribution in [0.4, 0.5) is 0 Å². The van der Waals surface area contributed by atoms with E-state index in [9.17, 15) is 0 Å². The lowest BCUT2D eigenvalue weighted by molar-refractivity contribution is 0.276. The summed E-state index contributed by atoms with van der Waals surface area (Å²) in [5, 5.41) is 4.22. The molecule has 0 aromatic heterocycles. The normalized spacial score (nSPS) is 20.6. The Labute approximate surface area is 122 Å². The van der Waals surface area contributed by atoms with Crippen LogP contribution in [-0.4, -0.2) is 31.6 Å². The largest absolute Gasteiger partial charge is 0.313 e. The molecule has 0 saturated carbocycles. The number of benzene rings is 1. The van der Waals surface area contributed by atoms with Crippen molar-refractivity contribution in [2.24, 2.45) is 5.41 Å². The average Bonchev–Trinajstić information content (AvgIpc) is 2.72.